The summed E-state index contributed by atoms with van der Waals surface area (Å²) in [6.07, 6.45) is 2.45. The zero-order valence-electron chi connectivity index (χ0n) is 11.6. The molecule has 1 aliphatic carbocycles. The lowest BCUT2D eigenvalue weighted by Crippen LogP contribution is -2.15. The van der Waals surface area contributed by atoms with Gasteiger partial charge in [-0.2, -0.15) is 4.37 Å². The van der Waals surface area contributed by atoms with Crippen LogP contribution in [0.5, 0.6) is 0 Å². The number of nitrogens with zero attached hydrogens (tertiary/aromatic N) is 1. The molecule has 110 valence electrons. The molecule has 4 rings (SSSR count). The van der Waals surface area contributed by atoms with Gasteiger partial charge in [-0.15, -0.1) is 0 Å². The Hall–Kier alpha value is -2.27. The van der Waals surface area contributed by atoms with E-state index in [1.165, 1.54) is 5.56 Å². The van der Waals surface area contributed by atoms with Gasteiger partial charge in [0, 0.05) is 17.5 Å². The standard InChI is InChI=1S/C17H13FN2OS/c18-15-14(7-6-11-9-19-22-16(11)15)20-17(21)13-8-12(13)10-4-2-1-3-5-10/h1-7,9,12-13H,8H2,(H,20,21)/t12-,13+/m0/s1. The zero-order chi connectivity index (χ0) is 15.1. The summed E-state index contributed by atoms with van der Waals surface area (Å²) >= 11 is 1.10. The fraction of sp³-hybridized carbons (Fsp3) is 0.176. The molecule has 2 atom stereocenters. The van der Waals surface area contributed by atoms with Gasteiger partial charge in [-0.3, -0.25) is 4.79 Å². The minimum Gasteiger partial charge on any atom is -0.323 e. The average Bonchev–Trinajstić information content (AvgIpc) is 3.21. The quantitative estimate of drug-likeness (QED) is 0.788. The van der Waals surface area contributed by atoms with Crippen molar-refractivity contribution in [3.63, 3.8) is 0 Å². The Morgan fingerprint density at radius 3 is 2.86 bits per heavy atom. The monoisotopic (exact) mass is 312 g/mol. The number of nitrogens with one attached hydrogen (secondary N) is 1. The molecular formula is C17H13FN2OS. The first-order valence-electron chi connectivity index (χ1n) is 7.13. The van der Waals surface area contributed by atoms with Crippen LogP contribution in [0, 0.1) is 11.7 Å². The van der Waals surface area contributed by atoms with Crippen LogP contribution in [0.2, 0.25) is 0 Å². The van der Waals surface area contributed by atoms with Gasteiger partial charge >= 0.3 is 0 Å². The number of benzene rings is 2. The van der Waals surface area contributed by atoms with Gasteiger partial charge in [-0.1, -0.05) is 30.3 Å². The number of halogens is 1. The molecule has 0 radical (unpaired) electrons. The predicted octanol–water partition coefficient (Wildman–Crippen LogP) is 4.18. The molecule has 1 N–H and O–H groups in total. The lowest BCUT2D eigenvalue weighted by atomic mass is 10.1. The first-order chi connectivity index (χ1) is 10.7. The van der Waals surface area contributed by atoms with E-state index >= 15 is 0 Å². The van der Waals surface area contributed by atoms with Crippen LogP contribution >= 0.6 is 11.5 Å². The van der Waals surface area contributed by atoms with Crippen LogP contribution in [0.25, 0.3) is 10.1 Å². The second-order valence-electron chi connectivity index (χ2n) is 5.52. The van der Waals surface area contributed by atoms with E-state index in [9.17, 15) is 9.18 Å². The Morgan fingerprint density at radius 2 is 2.05 bits per heavy atom. The highest BCUT2D eigenvalue weighted by atomic mass is 32.1. The number of rotatable bonds is 3. The van der Waals surface area contributed by atoms with Crippen LogP contribution < -0.4 is 5.32 Å². The van der Waals surface area contributed by atoms with Crippen molar-refractivity contribution < 1.29 is 9.18 Å². The maximum atomic E-state index is 14.3. The van der Waals surface area contributed by atoms with Crippen LogP contribution in [0.15, 0.2) is 48.7 Å². The smallest absolute Gasteiger partial charge is 0.228 e. The molecule has 0 unspecified atom stereocenters. The highest BCUT2D eigenvalue weighted by Gasteiger charge is 2.44. The molecule has 1 aromatic heterocycles. The van der Waals surface area contributed by atoms with Gasteiger partial charge in [0.05, 0.1) is 10.4 Å². The summed E-state index contributed by atoms with van der Waals surface area (Å²) in [5.74, 6) is -0.336. The van der Waals surface area contributed by atoms with E-state index in [0.717, 1.165) is 23.3 Å². The number of fused-ring (bicyclic) bond motifs is 1. The Bertz CT molecular complexity index is 846. The van der Waals surface area contributed by atoms with Crippen molar-refractivity contribution in [1.29, 1.82) is 0 Å². The fourth-order valence-electron chi connectivity index (χ4n) is 2.78. The number of hydrogen-bond acceptors (Lipinski definition) is 3. The summed E-state index contributed by atoms with van der Waals surface area (Å²) in [6, 6.07) is 13.3. The van der Waals surface area contributed by atoms with E-state index in [1.54, 1.807) is 18.3 Å². The van der Waals surface area contributed by atoms with E-state index < -0.39 is 5.82 Å². The lowest BCUT2D eigenvalue weighted by Gasteiger charge is -2.06. The largest absolute Gasteiger partial charge is 0.323 e. The lowest BCUT2D eigenvalue weighted by molar-refractivity contribution is -0.117. The van der Waals surface area contributed by atoms with Crippen LogP contribution in [0.1, 0.15) is 17.9 Å². The summed E-state index contributed by atoms with van der Waals surface area (Å²) in [7, 11) is 0. The Kier molecular flexibility index (Phi) is 3.15. The number of anilines is 1. The number of carbonyl (C=O) groups excluding carboxylic acids is 1. The molecule has 22 heavy (non-hydrogen) atoms. The first kappa shape index (κ1) is 13.4. The molecule has 1 aliphatic rings. The van der Waals surface area contributed by atoms with Gasteiger partial charge < -0.3 is 5.32 Å². The summed E-state index contributed by atoms with van der Waals surface area (Å²) in [5, 5.41) is 3.48. The molecule has 3 aromatic rings. The van der Waals surface area contributed by atoms with E-state index in [4.69, 9.17) is 0 Å². The van der Waals surface area contributed by atoms with Crippen molar-refractivity contribution in [1.82, 2.24) is 4.37 Å². The average molecular weight is 312 g/mol. The van der Waals surface area contributed by atoms with Gasteiger partial charge in [0.2, 0.25) is 5.91 Å². The van der Waals surface area contributed by atoms with Crippen molar-refractivity contribution in [3.05, 3.63) is 60.0 Å². The normalized spacial score (nSPS) is 20.0. The maximum absolute atomic E-state index is 14.3. The number of carbonyl (C=O) groups is 1. The molecule has 2 aromatic carbocycles. The van der Waals surface area contributed by atoms with Crippen LogP contribution in [0.3, 0.4) is 0 Å². The number of aromatic nitrogens is 1. The van der Waals surface area contributed by atoms with Crippen molar-refractivity contribution in [2.75, 3.05) is 5.32 Å². The zero-order valence-corrected chi connectivity index (χ0v) is 12.4. The second-order valence-corrected chi connectivity index (χ2v) is 6.32. The van der Waals surface area contributed by atoms with Crippen molar-refractivity contribution in [2.24, 2.45) is 5.92 Å². The Balaban J connectivity index is 1.51. The molecule has 1 saturated carbocycles. The van der Waals surface area contributed by atoms with Gasteiger partial charge in [0.1, 0.15) is 0 Å². The van der Waals surface area contributed by atoms with Gasteiger partial charge in [-0.25, -0.2) is 4.39 Å². The highest BCUT2D eigenvalue weighted by Crippen LogP contribution is 2.48. The second kappa shape index (κ2) is 5.18. The van der Waals surface area contributed by atoms with E-state index in [-0.39, 0.29) is 23.4 Å². The molecule has 3 nitrogen and oxygen atoms in total. The topological polar surface area (TPSA) is 42.0 Å². The SMILES string of the molecule is O=C(Nc1ccc2cnsc2c1F)[C@@H]1C[C@H]1c1ccccc1. The van der Waals surface area contributed by atoms with Crippen LogP contribution in [-0.2, 0) is 4.79 Å². The van der Waals surface area contributed by atoms with E-state index in [0.29, 0.717) is 4.70 Å². The fourth-order valence-corrected chi connectivity index (χ4v) is 3.46. The van der Waals surface area contributed by atoms with Crippen LogP contribution in [-0.4, -0.2) is 10.3 Å². The molecular weight excluding hydrogens is 299 g/mol. The Morgan fingerprint density at radius 1 is 1.23 bits per heavy atom. The molecule has 1 amide bonds. The molecule has 0 bridgehead atoms. The van der Waals surface area contributed by atoms with Gasteiger partial charge in [0.15, 0.2) is 5.82 Å². The third-order valence-corrected chi connectivity index (χ3v) is 4.88. The van der Waals surface area contributed by atoms with Gasteiger partial charge in [0.25, 0.3) is 0 Å². The van der Waals surface area contributed by atoms with Crippen molar-refractivity contribution in [3.8, 4) is 0 Å². The maximum Gasteiger partial charge on any atom is 0.228 e. The minimum atomic E-state index is -0.398. The van der Waals surface area contributed by atoms with E-state index in [2.05, 4.69) is 9.69 Å². The summed E-state index contributed by atoms with van der Waals surface area (Å²) < 4.78 is 18.8. The van der Waals surface area contributed by atoms with Crippen molar-refractivity contribution >= 4 is 33.2 Å². The number of amides is 1. The molecule has 0 saturated heterocycles. The third kappa shape index (κ3) is 2.27. The Labute approximate surface area is 131 Å². The van der Waals surface area contributed by atoms with Gasteiger partial charge in [-0.05, 0) is 41.6 Å². The summed E-state index contributed by atoms with van der Waals surface area (Å²) in [6.45, 7) is 0. The highest BCUT2D eigenvalue weighted by molar-refractivity contribution is 7.13. The summed E-state index contributed by atoms with van der Waals surface area (Å²) in [4.78, 5) is 12.3. The van der Waals surface area contributed by atoms with E-state index in [1.807, 2.05) is 30.3 Å². The first-order valence-corrected chi connectivity index (χ1v) is 7.90. The molecule has 1 fully saturated rings. The summed E-state index contributed by atoms with van der Waals surface area (Å²) in [5.41, 5.74) is 1.40. The molecule has 1 heterocycles. The third-order valence-electron chi connectivity index (χ3n) is 4.08. The predicted molar refractivity (Wildman–Crippen MR) is 85.5 cm³/mol. The molecule has 5 heteroatoms. The molecule has 0 aliphatic heterocycles. The van der Waals surface area contributed by atoms with Crippen LogP contribution in [0.4, 0.5) is 10.1 Å². The minimum absolute atomic E-state index is 0.0704. The van der Waals surface area contributed by atoms with Crippen molar-refractivity contribution in [2.45, 2.75) is 12.3 Å². The number of hydrogen-bond donors (Lipinski definition) is 1. The molecule has 0 spiro atoms.